The van der Waals surface area contributed by atoms with Gasteiger partial charge < -0.3 is 20.2 Å². The third-order valence-electron chi connectivity index (χ3n) is 4.17. The Morgan fingerprint density at radius 1 is 1.36 bits per heavy atom. The molecule has 7 nitrogen and oxygen atoms in total. The summed E-state index contributed by atoms with van der Waals surface area (Å²) in [6.45, 7) is 2.66. The molecular weight excluding hydrogens is 322 g/mol. The molecule has 25 heavy (non-hydrogen) atoms. The number of H-pyrrole nitrogens is 1. The van der Waals surface area contributed by atoms with Gasteiger partial charge in [0.25, 0.3) is 11.5 Å². The average Bonchev–Trinajstić information content (AvgIpc) is 2.56. The van der Waals surface area contributed by atoms with Crippen molar-refractivity contribution in [2.75, 3.05) is 20.3 Å². The van der Waals surface area contributed by atoms with Crippen molar-refractivity contribution < 1.29 is 14.3 Å². The molecule has 0 atom stereocenters. The number of nitrogens with zero attached hydrogens (tertiary/aromatic N) is 1. The summed E-state index contributed by atoms with van der Waals surface area (Å²) in [5, 5.41) is 0. The lowest BCUT2D eigenvalue weighted by atomic mass is 10.1. The highest BCUT2D eigenvalue weighted by Gasteiger charge is 2.18. The van der Waals surface area contributed by atoms with Crippen LogP contribution >= 0.6 is 0 Å². The molecule has 1 amide bonds. The first-order valence-electron chi connectivity index (χ1n) is 8.11. The van der Waals surface area contributed by atoms with Gasteiger partial charge in [-0.2, -0.15) is 0 Å². The number of ether oxygens (including phenoxy) is 2. The SMILES string of the molecule is COc1cccc2c1OCCCN(Cc1ccc(C(N)=O)c(=O)[nH]1)C2. The van der Waals surface area contributed by atoms with E-state index in [-0.39, 0.29) is 5.56 Å². The Hall–Kier alpha value is -2.80. The van der Waals surface area contributed by atoms with Gasteiger partial charge in [-0.3, -0.25) is 14.5 Å². The van der Waals surface area contributed by atoms with Crippen LogP contribution in [0.4, 0.5) is 0 Å². The van der Waals surface area contributed by atoms with Crippen LogP contribution in [0.3, 0.4) is 0 Å². The minimum atomic E-state index is -0.725. The van der Waals surface area contributed by atoms with Crippen LogP contribution in [0.2, 0.25) is 0 Å². The summed E-state index contributed by atoms with van der Waals surface area (Å²) >= 11 is 0. The molecule has 3 N–H and O–H groups in total. The summed E-state index contributed by atoms with van der Waals surface area (Å²) in [6, 6.07) is 9.02. The van der Waals surface area contributed by atoms with E-state index in [9.17, 15) is 9.59 Å². The van der Waals surface area contributed by atoms with Gasteiger partial charge in [0.1, 0.15) is 5.56 Å². The molecule has 0 spiro atoms. The number of aromatic nitrogens is 1. The van der Waals surface area contributed by atoms with Crippen LogP contribution in [0.15, 0.2) is 35.1 Å². The highest BCUT2D eigenvalue weighted by atomic mass is 16.5. The number of rotatable bonds is 4. The second-order valence-corrected chi connectivity index (χ2v) is 5.95. The van der Waals surface area contributed by atoms with Crippen LogP contribution in [-0.4, -0.2) is 36.1 Å². The fourth-order valence-electron chi connectivity index (χ4n) is 2.97. The second-order valence-electron chi connectivity index (χ2n) is 5.95. The zero-order valence-corrected chi connectivity index (χ0v) is 14.1. The molecular formula is C18H21N3O4. The molecule has 3 rings (SSSR count). The van der Waals surface area contributed by atoms with Gasteiger partial charge >= 0.3 is 0 Å². The fourth-order valence-corrected chi connectivity index (χ4v) is 2.97. The predicted octanol–water partition coefficient (Wildman–Crippen LogP) is 1.27. The van der Waals surface area contributed by atoms with E-state index in [0.29, 0.717) is 19.7 Å². The Morgan fingerprint density at radius 3 is 2.92 bits per heavy atom. The van der Waals surface area contributed by atoms with E-state index in [1.54, 1.807) is 13.2 Å². The van der Waals surface area contributed by atoms with E-state index in [0.717, 1.165) is 35.7 Å². The van der Waals surface area contributed by atoms with E-state index in [4.69, 9.17) is 15.2 Å². The summed E-state index contributed by atoms with van der Waals surface area (Å²) in [7, 11) is 1.63. The second kappa shape index (κ2) is 7.40. The normalized spacial score (nSPS) is 14.8. The molecule has 0 saturated carbocycles. The van der Waals surface area contributed by atoms with E-state index >= 15 is 0 Å². The molecule has 0 bridgehead atoms. The van der Waals surface area contributed by atoms with Gasteiger partial charge in [-0.05, 0) is 24.6 Å². The molecule has 2 heterocycles. The van der Waals surface area contributed by atoms with Gasteiger partial charge in [-0.25, -0.2) is 0 Å². The van der Waals surface area contributed by atoms with Crippen molar-refractivity contribution >= 4 is 5.91 Å². The zero-order chi connectivity index (χ0) is 17.8. The number of nitrogens with two attached hydrogens (primary N) is 1. The summed E-state index contributed by atoms with van der Waals surface area (Å²) in [5.74, 6) is 0.767. The minimum Gasteiger partial charge on any atom is -0.493 e. The standard InChI is InChI=1S/C18H21N3O4/c1-24-15-5-2-4-12-10-21(8-3-9-25-16(12)15)11-13-6-7-14(17(19)22)18(23)20-13/h2,4-7H,3,8-11H2,1H3,(H2,19,22)(H,20,23). The van der Waals surface area contributed by atoms with Crippen molar-refractivity contribution in [3.63, 3.8) is 0 Å². The fraction of sp³-hybridized carbons (Fsp3) is 0.333. The number of carbonyl (C=O) groups excluding carboxylic acids is 1. The predicted molar refractivity (Wildman–Crippen MR) is 92.8 cm³/mol. The number of fused-ring (bicyclic) bond motifs is 1. The summed E-state index contributed by atoms with van der Waals surface area (Å²) in [6.07, 6.45) is 0.862. The Balaban J connectivity index is 1.82. The maximum absolute atomic E-state index is 11.9. The lowest BCUT2D eigenvalue weighted by molar-refractivity contribution is 0.0998. The number of hydrogen-bond donors (Lipinski definition) is 2. The molecule has 0 saturated heterocycles. The van der Waals surface area contributed by atoms with E-state index in [1.165, 1.54) is 6.07 Å². The van der Waals surface area contributed by atoms with Crippen LogP contribution in [0, 0.1) is 0 Å². The Bertz CT molecular complexity index is 831. The first kappa shape index (κ1) is 17.0. The number of benzene rings is 1. The lowest BCUT2D eigenvalue weighted by Crippen LogP contribution is -2.30. The number of para-hydroxylation sites is 1. The van der Waals surface area contributed by atoms with Crippen molar-refractivity contribution in [3.05, 3.63) is 57.5 Å². The highest BCUT2D eigenvalue weighted by molar-refractivity contribution is 5.92. The van der Waals surface area contributed by atoms with Crippen molar-refractivity contribution in [2.24, 2.45) is 5.73 Å². The lowest BCUT2D eigenvalue weighted by Gasteiger charge is -2.27. The zero-order valence-electron chi connectivity index (χ0n) is 14.1. The topological polar surface area (TPSA) is 97.6 Å². The van der Waals surface area contributed by atoms with Gasteiger partial charge in [0, 0.05) is 30.9 Å². The Labute approximate surface area is 145 Å². The van der Waals surface area contributed by atoms with Crippen LogP contribution < -0.4 is 20.8 Å². The maximum Gasteiger partial charge on any atom is 0.261 e. The third-order valence-corrected chi connectivity index (χ3v) is 4.17. The largest absolute Gasteiger partial charge is 0.493 e. The van der Waals surface area contributed by atoms with Crippen LogP contribution in [0.5, 0.6) is 11.5 Å². The third kappa shape index (κ3) is 3.83. The molecule has 132 valence electrons. The first-order valence-corrected chi connectivity index (χ1v) is 8.11. The molecule has 1 aliphatic rings. The molecule has 7 heteroatoms. The van der Waals surface area contributed by atoms with Crippen LogP contribution in [0.1, 0.15) is 28.0 Å². The van der Waals surface area contributed by atoms with Crippen molar-refractivity contribution in [2.45, 2.75) is 19.5 Å². The molecule has 2 aromatic rings. The number of aromatic amines is 1. The van der Waals surface area contributed by atoms with Gasteiger partial charge in [0.05, 0.1) is 13.7 Å². The number of primary amides is 1. The molecule has 0 fully saturated rings. The van der Waals surface area contributed by atoms with Gasteiger partial charge in [-0.15, -0.1) is 0 Å². The molecule has 0 unspecified atom stereocenters. The van der Waals surface area contributed by atoms with E-state index in [2.05, 4.69) is 9.88 Å². The number of nitrogens with one attached hydrogen (secondary N) is 1. The van der Waals surface area contributed by atoms with E-state index in [1.807, 2.05) is 18.2 Å². The number of pyridine rings is 1. The molecule has 0 radical (unpaired) electrons. The number of carbonyl (C=O) groups is 1. The smallest absolute Gasteiger partial charge is 0.261 e. The van der Waals surface area contributed by atoms with E-state index < -0.39 is 11.5 Å². The van der Waals surface area contributed by atoms with Gasteiger partial charge in [-0.1, -0.05) is 12.1 Å². The number of hydrogen-bond acceptors (Lipinski definition) is 5. The van der Waals surface area contributed by atoms with Crippen LogP contribution in [0.25, 0.3) is 0 Å². The number of amides is 1. The minimum absolute atomic E-state index is 0.0279. The first-order chi connectivity index (χ1) is 12.1. The Morgan fingerprint density at radius 2 is 2.20 bits per heavy atom. The van der Waals surface area contributed by atoms with Crippen LogP contribution in [-0.2, 0) is 13.1 Å². The summed E-state index contributed by atoms with van der Waals surface area (Å²) in [5.41, 5.74) is 6.46. The summed E-state index contributed by atoms with van der Waals surface area (Å²) < 4.78 is 11.2. The Kier molecular flexibility index (Phi) is 5.04. The van der Waals surface area contributed by atoms with Gasteiger partial charge in [0.2, 0.25) is 0 Å². The monoisotopic (exact) mass is 343 g/mol. The number of methoxy groups -OCH3 is 1. The molecule has 1 aromatic heterocycles. The highest BCUT2D eigenvalue weighted by Crippen LogP contribution is 2.33. The van der Waals surface area contributed by atoms with Crippen molar-refractivity contribution in [1.29, 1.82) is 0 Å². The van der Waals surface area contributed by atoms with Gasteiger partial charge in [0.15, 0.2) is 11.5 Å². The summed E-state index contributed by atoms with van der Waals surface area (Å²) in [4.78, 5) is 28.0. The van der Waals surface area contributed by atoms with Crippen molar-refractivity contribution in [1.82, 2.24) is 9.88 Å². The molecule has 1 aliphatic heterocycles. The average molecular weight is 343 g/mol. The van der Waals surface area contributed by atoms with Crippen molar-refractivity contribution in [3.8, 4) is 11.5 Å². The quantitative estimate of drug-likeness (QED) is 0.871. The molecule has 1 aromatic carbocycles. The maximum atomic E-state index is 11.9. The molecule has 0 aliphatic carbocycles.